The van der Waals surface area contributed by atoms with Gasteiger partial charge in [-0.1, -0.05) is 25.1 Å². The first-order valence-corrected chi connectivity index (χ1v) is 9.13. The summed E-state index contributed by atoms with van der Waals surface area (Å²) in [6.45, 7) is 2.73. The summed E-state index contributed by atoms with van der Waals surface area (Å²) in [6.07, 6.45) is 0.185. The van der Waals surface area contributed by atoms with Crippen LogP contribution in [0.4, 0.5) is 20.6 Å². The van der Waals surface area contributed by atoms with E-state index in [1.165, 1.54) is 36.4 Å². The number of carbonyl (C=O) groups is 3. The third-order valence-corrected chi connectivity index (χ3v) is 4.97. The fourth-order valence-corrected chi connectivity index (χ4v) is 3.38. The largest absolute Gasteiger partial charge is 0.325 e. The van der Waals surface area contributed by atoms with Crippen molar-refractivity contribution in [2.24, 2.45) is 0 Å². The van der Waals surface area contributed by atoms with Crippen LogP contribution in [0.1, 0.15) is 24.5 Å². The Labute approximate surface area is 171 Å². The summed E-state index contributed by atoms with van der Waals surface area (Å²) in [7, 11) is 0. The normalized spacial score (nSPS) is 18.3. The number of urea groups is 1. The van der Waals surface area contributed by atoms with Crippen LogP contribution in [-0.2, 0) is 15.1 Å². The van der Waals surface area contributed by atoms with Gasteiger partial charge < -0.3 is 10.6 Å². The fraction of sp³-hybridized carbons (Fsp3) is 0.250. The van der Waals surface area contributed by atoms with E-state index in [9.17, 15) is 28.9 Å². The molecule has 0 saturated carbocycles. The maximum Gasteiger partial charge on any atom is 0.325 e. The van der Waals surface area contributed by atoms with Gasteiger partial charge in [-0.25, -0.2) is 9.18 Å². The van der Waals surface area contributed by atoms with Crippen molar-refractivity contribution in [1.82, 2.24) is 10.2 Å². The molecule has 2 N–H and O–H groups in total. The molecule has 10 heteroatoms. The highest BCUT2D eigenvalue weighted by molar-refractivity contribution is 6.10. The van der Waals surface area contributed by atoms with Crippen molar-refractivity contribution in [2.75, 3.05) is 11.9 Å². The third-order valence-electron chi connectivity index (χ3n) is 4.97. The summed E-state index contributed by atoms with van der Waals surface area (Å²) in [4.78, 5) is 49.2. The Morgan fingerprint density at radius 1 is 1.23 bits per heavy atom. The highest BCUT2D eigenvalue weighted by Crippen LogP contribution is 2.32. The average Bonchev–Trinajstić information content (AvgIpc) is 2.94. The minimum absolute atomic E-state index is 0.0389. The zero-order valence-corrected chi connectivity index (χ0v) is 16.3. The van der Waals surface area contributed by atoms with Crippen molar-refractivity contribution in [2.45, 2.75) is 25.8 Å². The number of carbonyl (C=O) groups excluding carboxylic acids is 3. The van der Waals surface area contributed by atoms with Crippen LogP contribution in [0.2, 0.25) is 0 Å². The number of anilines is 1. The molecule has 1 heterocycles. The van der Waals surface area contributed by atoms with Gasteiger partial charge in [0.15, 0.2) is 0 Å². The van der Waals surface area contributed by atoms with E-state index < -0.39 is 40.7 Å². The Morgan fingerprint density at radius 3 is 2.50 bits per heavy atom. The quantitative estimate of drug-likeness (QED) is 0.428. The summed E-state index contributed by atoms with van der Waals surface area (Å²) < 4.78 is 13.3. The standard InChI is InChI=1S/C20H19FN4O5/c1-3-20(13-5-7-14(21)8-6-13)18(27)24(19(28)23-20)11-17(26)22-15-9-4-12(2)10-16(15)25(29)30/h4-10H,3,11H2,1-2H3,(H,22,26)(H,23,28)/t20-/m0/s1. The van der Waals surface area contributed by atoms with Gasteiger partial charge in [0.1, 0.15) is 23.6 Å². The predicted molar refractivity (Wildman–Crippen MR) is 105 cm³/mol. The van der Waals surface area contributed by atoms with E-state index in [4.69, 9.17) is 0 Å². The van der Waals surface area contributed by atoms with E-state index in [1.54, 1.807) is 19.9 Å². The number of imide groups is 1. The number of hydrogen-bond acceptors (Lipinski definition) is 5. The lowest BCUT2D eigenvalue weighted by Gasteiger charge is -2.25. The molecule has 0 spiro atoms. The second-order valence-electron chi connectivity index (χ2n) is 6.91. The van der Waals surface area contributed by atoms with E-state index in [-0.39, 0.29) is 17.8 Å². The lowest BCUT2D eigenvalue weighted by molar-refractivity contribution is -0.384. The number of nitro groups is 1. The molecule has 9 nitrogen and oxygen atoms in total. The molecule has 4 amide bonds. The number of halogens is 1. The Kier molecular flexibility index (Phi) is 5.50. The van der Waals surface area contributed by atoms with Gasteiger partial charge in [0.25, 0.3) is 11.6 Å². The molecule has 0 bridgehead atoms. The second-order valence-corrected chi connectivity index (χ2v) is 6.91. The van der Waals surface area contributed by atoms with Gasteiger partial charge in [-0.2, -0.15) is 0 Å². The highest BCUT2D eigenvalue weighted by atomic mass is 19.1. The van der Waals surface area contributed by atoms with Gasteiger partial charge in [-0.05, 0) is 42.7 Å². The van der Waals surface area contributed by atoms with Gasteiger partial charge in [0.05, 0.1) is 4.92 Å². The summed E-state index contributed by atoms with van der Waals surface area (Å²) in [6, 6.07) is 8.65. The average molecular weight is 414 g/mol. The molecule has 156 valence electrons. The minimum Gasteiger partial charge on any atom is -0.319 e. The molecular formula is C20H19FN4O5. The number of nitro benzene ring substituents is 1. The molecular weight excluding hydrogens is 395 g/mol. The van der Waals surface area contributed by atoms with Gasteiger partial charge in [0, 0.05) is 6.07 Å². The Balaban J connectivity index is 1.81. The zero-order chi connectivity index (χ0) is 22.1. The van der Waals surface area contributed by atoms with Crippen molar-refractivity contribution < 1.29 is 23.7 Å². The highest BCUT2D eigenvalue weighted by Gasteiger charge is 2.51. The predicted octanol–water partition coefficient (Wildman–Crippen LogP) is 2.84. The molecule has 0 aliphatic carbocycles. The van der Waals surface area contributed by atoms with Crippen LogP contribution in [0, 0.1) is 22.9 Å². The molecule has 1 atom stereocenters. The fourth-order valence-electron chi connectivity index (χ4n) is 3.38. The second kappa shape index (κ2) is 7.90. The first-order chi connectivity index (χ1) is 14.2. The Bertz CT molecular complexity index is 1040. The van der Waals surface area contributed by atoms with E-state index >= 15 is 0 Å². The van der Waals surface area contributed by atoms with E-state index in [2.05, 4.69) is 10.6 Å². The van der Waals surface area contributed by atoms with Crippen LogP contribution in [0.15, 0.2) is 42.5 Å². The van der Waals surface area contributed by atoms with Crippen molar-refractivity contribution in [1.29, 1.82) is 0 Å². The van der Waals surface area contributed by atoms with Gasteiger partial charge in [-0.15, -0.1) is 0 Å². The smallest absolute Gasteiger partial charge is 0.319 e. The summed E-state index contributed by atoms with van der Waals surface area (Å²) in [5, 5.41) is 16.2. The molecule has 1 fully saturated rings. The van der Waals surface area contributed by atoms with Crippen LogP contribution in [0.25, 0.3) is 0 Å². The van der Waals surface area contributed by atoms with Crippen LogP contribution in [0.3, 0.4) is 0 Å². The topological polar surface area (TPSA) is 122 Å². The molecule has 2 aromatic carbocycles. The number of rotatable bonds is 6. The first-order valence-electron chi connectivity index (χ1n) is 9.13. The molecule has 0 unspecified atom stereocenters. The van der Waals surface area contributed by atoms with Crippen LogP contribution < -0.4 is 10.6 Å². The van der Waals surface area contributed by atoms with Crippen LogP contribution in [-0.4, -0.2) is 34.2 Å². The monoisotopic (exact) mass is 414 g/mol. The van der Waals surface area contributed by atoms with Gasteiger partial charge >= 0.3 is 6.03 Å². The zero-order valence-electron chi connectivity index (χ0n) is 16.3. The van der Waals surface area contributed by atoms with E-state index in [0.29, 0.717) is 11.1 Å². The van der Waals surface area contributed by atoms with Crippen molar-refractivity contribution in [3.63, 3.8) is 0 Å². The SMILES string of the molecule is CC[C@@]1(c2ccc(F)cc2)NC(=O)N(CC(=O)Nc2ccc(C)cc2[N+](=O)[O-])C1=O. The molecule has 1 saturated heterocycles. The third kappa shape index (κ3) is 3.71. The van der Waals surface area contributed by atoms with Crippen molar-refractivity contribution in [3.8, 4) is 0 Å². The molecule has 1 aliphatic rings. The number of nitrogens with one attached hydrogen (secondary N) is 2. The van der Waals surface area contributed by atoms with Crippen LogP contribution in [0.5, 0.6) is 0 Å². The summed E-state index contributed by atoms with van der Waals surface area (Å²) in [5.74, 6) is -1.91. The van der Waals surface area contributed by atoms with E-state index in [1.807, 2.05) is 0 Å². The lowest BCUT2D eigenvalue weighted by atomic mass is 9.87. The number of aryl methyl sites for hydroxylation is 1. The molecule has 0 radical (unpaired) electrons. The Hall–Kier alpha value is -3.82. The summed E-state index contributed by atoms with van der Waals surface area (Å²) in [5.41, 5.74) is -0.721. The van der Waals surface area contributed by atoms with E-state index in [0.717, 1.165) is 4.90 Å². The minimum atomic E-state index is -1.42. The van der Waals surface area contributed by atoms with Gasteiger partial charge in [-0.3, -0.25) is 24.6 Å². The number of nitrogens with zero attached hydrogens (tertiary/aromatic N) is 2. The van der Waals surface area contributed by atoms with Gasteiger partial charge in [0.2, 0.25) is 5.91 Å². The molecule has 30 heavy (non-hydrogen) atoms. The lowest BCUT2D eigenvalue weighted by Crippen LogP contribution is -2.44. The molecule has 0 aromatic heterocycles. The van der Waals surface area contributed by atoms with Crippen LogP contribution >= 0.6 is 0 Å². The molecule has 3 rings (SSSR count). The molecule has 2 aromatic rings. The number of benzene rings is 2. The number of hydrogen-bond donors (Lipinski definition) is 2. The maximum absolute atomic E-state index is 13.3. The Morgan fingerprint density at radius 2 is 1.90 bits per heavy atom. The summed E-state index contributed by atoms with van der Waals surface area (Å²) >= 11 is 0. The number of amides is 4. The first kappa shape index (κ1) is 20.9. The molecule has 1 aliphatic heterocycles. The van der Waals surface area contributed by atoms with Crippen molar-refractivity contribution in [3.05, 3.63) is 69.5 Å². The maximum atomic E-state index is 13.3. The van der Waals surface area contributed by atoms with Crippen molar-refractivity contribution >= 4 is 29.2 Å².